The molecule has 0 heterocycles. The predicted molar refractivity (Wildman–Crippen MR) is 104 cm³/mol. The molecule has 0 radical (unpaired) electrons. The lowest BCUT2D eigenvalue weighted by molar-refractivity contribution is -0.385. The highest BCUT2D eigenvalue weighted by Gasteiger charge is 2.17. The number of carbonyl (C=O) groups excluding carboxylic acids is 2. The zero-order valence-corrected chi connectivity index (χ0v) is 16.4. The van der Waals surface area contributed by atoms with Crippen LogP contribution in [-0.4, -0.2) is 36.1 Å². The van der Waals surface area contributed by atoms with E-state index < -0.39 is 46.4 Å². The Bertz CT molecular complexity index is 974. The first-order valence-corrected chi connectivity index (χ1v) is 9.47. The Hall–Kier alpha value is -3.28. The van der Waals surface area contributed by atoms with Crippen LogP contribution in [0.2, 0.25) is 0 Å². The molecular weight excluding hydrogens is 427 g/mol. The van der Waals surface area contributed by atoms with Gasteiger partial charge in [-0.2, -0.15) is 0 Å². The van der Waals surface area contributed by atoms with Crippen LogP contribution >= 0.6 is 11.8 Å². The maximum atomic E-state index is 13.5. The number of carbonyl (C=O) groups is 2. The van der Waals surface area contributed by atoms with Gasteiger partial charge in [0.05, 0.1) is 30.0 Å². The average Bonchev–Trinajstić information content (AvgIpc) is 2.72. The summed E-state index contributed by atoms with van der Waals surface area (Å²) in [6.45, 7) is -0.508. The van der Waals surface area contributed by atoms with E-state index in [1.165, 1.54) is 19.2 Å². The van der Waals surface area contributed by atoms with Crippen molar-refractivity contribution in [3.8, 4) is 5.75 Å². The van der Waals surface area contributed by atoms with Crippen molar-refractivity contribution in [3.63, 3.8) is 0 Å². The second-order valence-corrected chi connectivity index (χ2v) is 6.79. The molecule has 160 valence electrons. The lowest BCUT2D eigenvalue weighted by Crippen LogP contribution is -2.34. The van der Waals surface area contributed by atoms with Crippen LogP contribution < -0.4 is 15.4 Å². The number of benzene rings is 2. The van der Waals surface area contributed by atoms with Crippen LogP contribution in [0.1, 0.15) is 5.56 Å². The van der Waals surface area contributed by atoms with Crippen molar-refractivity contribution in [3.05, 3.63) is 63.5 Å². The van der Waals surface area contributed by atoms with E-state index in [0.717, 1.165) is 17.8 Å². The number of amides is 2. The number of hydrogen-bond acceptors (Lipinski definition) is 6. The number of methoxy groups -OCH3 is 1. The first-order valence-electron chi connectivity index (χ1n) is 8.32. The number of halogens is 3. The van der Waals surface area contributed by atoms with Crippen molar-refractivity contribution < 1.29 is 32.4 Å². The topological polar surface area (TPSA) is 111 Å². The summed E-state index contributed by atoms with van der Waals surface area (Å²) in [6.07, 6.45) is 0. The van der Waals surface area contributed by atoms with Crippen LogP contribution in [-0.2, 0) is 15.3 Å². The fourth-order valence-electron chi connectivity index (χ4n) is 2.28. The predicted octanol–water partition coefficient (Wildman–Crippen LogP) is 3.01. The molecule has 2 amide bonds. The fourth-order valence-corrected chi connectivity index (χ4v) is 3.08. The number of rotatable bonds is 9. The maximum Gasteiger partial charge on any atom is 0.311 e. The van der Waals surface area contributed by atoms with Gasteiger partial charge in [-0.1, -0.05) is 6.07 Å². The first-order chi connectivity index (χ1) is 14.2. The molecule has 2 aromatic carbocycles. The fraction of sp³-hybridized carbons (Fsp3) is 0.222. The van der Waals surface area contributed by atoms with Crippen LogP contribution in [0.5, 0.6) is 5.75 Å². The van der Waals surface area contributed by atoms with Gasteiger partial charge in [0.15, 0.2) is 23.2 Å². The molecule has 0 saturated heterocycles. The van der Waals surface area contributed by atoms with E-state index in [9.17, 15) is 32.9 Å². The second-order valence-electron chi connectivity index (χ2n) is 5.80. The van der Waals surface area contributed by atoms with Crippen molar-refractivity contribution >= 4 is 35.0 Å². The summed E-state index contributed by atoms with van der Waals surface area (Å²) in [5, 5.41) is 15.3. The molecule has 2 rings (SSSR count). The molecule has 0 aliphatic rings. The minimum atomic E-state index is -1.72. The summed E-state index contributed by atoms with van der Waals surface area (Å²) in [6, 6.07) is 5.94. The molecule has 12 heteroatoms. The summed E-state index contributed by atoms with van der Waals surface area (Å²) in [4.78, 5) is 34.0. The largest absolute Gasteiger partial charge is 0.490 e. The van der Waals surface area contributed by atoms with Gasteiger partial charge >= 0.3 is 5.69 Å². The van der Waals surface area contributed by atoms with E-state index in [1.54, 1.807) is 6.07 Å². The van der Waals surface area contributed by atoms with Crippen LogP contribution in [0.3, 0.4) is 0 Å². The third kappa shape index (κ3) is 6.11. The average molecular weight is 443 g/mol. The van der Waals surface area contributed by atoms with Gasteiger partial charge in [-0.15, -0.1) is 11.8 Å². The Kier molecular flexibility index (Phi) is 8.04. The minimum Gasteiger partial charge on any atom is -0.490 e. The number of hydrogen-bond donors (Lipinski definition) is 2. The van der Waals surface area contributed by atoms with Crippen LogP contribution in [0.25, 0.3) is 0 Å². The van der Waals surface area contributed by atoms with Crippen molar-refractivity contribution in [2.75, 3.05) is 24.7 Å². The molecular formula is C18H16F3N3O5S. The second kappa shape index (κ2) is 10.5. The van der Waals surface area contributed by atoms with Gasteiger partial charge in [0.2, 0.25) is 11.8 Å². The number of nitrogens with one attached hydrogen (secondary N) is 2. The molecule has 0 atom stereocenters. The summed E-state index contributed by atoms with van der Waals surface area (Å²) in [7, 11) is 1.32. The molecule has 2 N–H and O–H groups in total. The van der Waals surface area contributed by atoms with E-state index in [0.29, 0.717) is 17.4 Å². The first kappa shape index (κ1) is 23.0. The number of nitrogens with zero attached hydrogens (tertiary/aromatic N) is 1. The molecule has 0 fully saturated rings. The summed E-state index contributed by atoms with van der Waals surface area (Å²) in [5.74, 6) is -5.62. The number of ether oxygens (including phenoxy) is 1. The van der Waals surface area contributed by atoms with Crippen LogP contribution in [0, 0.1) is 27.6 Å². The zero-order valence-electron chi connectivity index (χ0n) is 15.5. The third-order valence-electron chi connectivity index (χ3n) is 3.70. The SMILES string of the molecule is COc1ccc(CSCC(=O)NCC(=O)Nc2ccc(F)c(F)c2F)cc1[N+](=O)[O-]. The quantitative estimate of drug-likeness (QED) is 0.350. The van der Waals surface area contributed by atoms with Gasteiger partial charge in [-0.25, -0.2) is 13.2 Å². The van der Waals surface area contributed by atoms with E-state index in [4.69, 9.17) is 4.74 Å². The lowest BCUT2D eigenvalue weighted by atomic mass is 10.2. The van der Waals surface area contributed by atoms with Crippen LogP contribution in [0.4, 0.5) is 24.5 Å². The van der Waals surface area contributed by atoms with Crippen LogP contribution in [0.15, 0.2) is 30.3 Å². The molecule has 0 saturated carbocycles. The number of nitro benzene ring substituents is 1. The van der Waals surface area contributed by atoms with Crippen molar-refractivity contribution in [1.82, 2.24) is 5.32 Å². The highest BCUT2D eigenvalue weighted by Crippen LogP contribution is 2.29. The Morgan fingerprint density at radius 1 is 1.13 bits per heavy atom. The van der Waals surface area contributed by atoms with Gasteiger partial charge in [0, 0.05) is 11.8 Å². The zero-order chi connectivity index (χ0) is 22.3. The molecule has 2 aromatic rings. The summed E-state index contributed by atoms with van der Waals surface area (Å²) in [5.41, 5.74) is -0.142. The minimum absolute atomic E-state index is 0.0490. The van der Waals surface area contributed by atoms with Gasteiger partial charge < -0.3 is 15.4 Å². The van der Waals surface area contributed by atoms with E-state index in [1.807, 2.05) is 5.32 Å². The number of nitro groups is 1. The van der Waals surface area contributed by atoms with Crippen molar-refractivity contribution in [2.45, 2.75) is 5.75 Å². The standard InChI is InChI=1S/C18H16F3N3O5S/c1-29-14-5-2-10(6-13(14)24(27)28)8-30-9-16(26)22-7-15(25)23-12-4-3-11(19)17(20)18(12)21/h2-6H,7-9H2,1H3,(H,22,26)(H,23,25). The Balaban J connectivity index is 1.79. The highest BCUT2D eigenvalue weighted by atomic mass is 32.2. The lowest BCUT2D eigenvalue weighted by Gasteiger charge is -2.09. The number of thioether (sulfide) groups is 1. The van der Waals surface area contributed by atoms with E-state index in [-0.39, 0.29) is 17.2 Å². The molecule has 0 aromatic heterocycles. The molecule has 0 aliphatic heterocycles. The van der Waals surface area contributed by atoms with Gasteiger partial charge in [-0.05, 0) is 23.8 Å². The maximum absolute atomic E-state index is 13.5. The van der Waals surface area contributed by atoms with Gasteiger partial charge in [0.1, 0.15) is 0 Å². The Morgan fingerprint density at radius 2 is 1.87 bits per heavy atom. The summed E-state index contributed by atoms with van der Waals surface area (Å²) < 4.78 is 44.4. The van der Waals surface area contributed by atoms with Gasteiger partial charge in [0.25, 0.3) is 0 Å². The molecule has 0 aliphatic carbocycles. The number of anilines is 1. The molecule has 0 spiro atoms. The Labute approximate surface area is 172 Å². The monoisotopic (exact) mass is 443 g/mol. The molecule has 8 nitrogen and oxygen atoms in total. The molecule has 0 bridgehead atoms. The molecule has 0 unspecified atom stereocenters. The molecule has 30 heavy (non-hydrogen) atoms. The van der Waals surface area contributed by atoms with E-state index in [2.05, 4.69) is 5.32 Å². The smallest absolute Gasteiger partial charge is 0.311 e. The summed E-state index contributed by atoms with van der Waals surface area (Å²) >= 11 is 1.15. The van der Waals surface area contributed by atoms with Gasteiger partial charge in [-0.3, -0.25) is 19.7 Å². The van der Waals surface area contributed by atoms with Crippen molar-refractivity contribution in [2.24, 2.45) is 0 Å². The van der Waals surface area contributed by atoms with Crippen molar-refractivity contribution in [1.29, 1.82) is 0 Å². The normalized spacial score (nSPS) is 10.4. The highest BCUT2D eigenvalue weighted by molar-refractivity contribution is 7.99. The third-order valence-corrected chi connectivity index (χ3v) is 4.70. The van der Waals surface area contributed by atoms with E-state index >= 15 is 0 Å². The Morgan fingerprint density at radius 3 is 2.53 bits per heavy atom.